The molecule has 0 aromatic carbocycles. The molecule has 0 spiro atoms. The number of halogens is 11. The standard InChI is InChI=1S/C3H5F3O.CF4O.CH2F2O.CH2F2.V/c1-7-2-3(4,5)6;2-1(3,4)6-5;2-1-4-3;2-1-3;/h2H2,1H3;;1H2;1H2;. The SMILES string of the molecule is COCC(F)(F)F.FCF.FCOF.FOC(F)(F)F.[V]. The summed E-state index contributed by atoms with van der Waals surface area (Å²) in [6.45, 7) is -4.26. The van der Waals surface area contributed by atoms with Crippen LogP contribution in [0.3, 0.4) is 0 Å². The summed E-state index contributed by atoms with van der Waals surface area (Å²) in [5.41, 5.74) is 0. The first-order valence-electron chi connectivity index (χ1n) is 3.79. The Balaban J connectivity index is -0.0000000560. The Kier molecular flexibility index (Phi) is 34.1. The number of methoxy groups -OCH3 is 1. The Hall–Kier alpha value is -0.306. The Labute approximate surface area is 123 Å². The van der Waals surface area contributed by atoms with Crippen molar-refractivity contribution in [2.45, 2.75) is 12.5 Å². The van der Waals surface area contributed by atoms with Crippen LogP contribution in [0.5, 0.6) is 0 Å². The molecule has 0 bridgehead atoms. The van der Waals surface area contributed by atoms with Crippen LogP contribution in [0.25, 0.3) is 0 Å². The summed E-state index contributed by atoms with van der Waals surface area (Å²) in [6, 6.07) is 0. The second-order valence-electron chi connectivity index (χ2n) is 1.89. The van der Waals surface area contributed by atoms with Crippen molar-refractivity contribution in [2.75, 3.05) is 27.5 Å². The van der Waals surface area contributed by atoms with Crippen LogP contribution in [0, 0.1) is 0 Å². The van der Waals surface area contributed by atoms with Gasteiger partial charge >= 0.3 is 12.5 Å². The summed E-state index contributed by atoms with van der Waals surface area (Å²) in [5, 5.41) is 0. The number of alkyl halides is 9. The fourth-order valence-corrected chi connectivity index (χ4v) is 0.164. The number of ether oxygens (including phenoxy) is 1. The van der Waals surface area contributed by atoms with Crippen molar-refractivity contribution in [2.24, 2.45) is 0 Å². The second-order valence-corrected chi connectivity index (χ2v) is 1.89. The summed E-state index contributed by atoms with van der Waals surface area (Å²) < 4.78 is 116. The third kappa shape index (κ3) is 104. The Morgan fingerprint density at radius 2 is 1.10 bits per heavy atom. The van der Waals surface area contributed by atoms with Crippen LogP contribution in [0.2, 0.25) is 0 Å². The molecule has 0 rings (SSSR count). The molecule has 0 aromatic heterocycles. The zero-order valence-corrected chi connectivity index (χ0v) is 11.3. The monoisotopic (exact) mass is 389 g/mol. The predicted octanol–water partition coefficient (Wildman–Crippen LogP) is 4.30. The van der Waals surface area contributed by atoms with Crippen molar-refractivity contribution < 1.29 is 81.7 Å². The molecule has 15 heteroatoms. The van der Waals surface area contributed by atoms with Gasteiger partial charge in [-0.3, -0.25) is 0 Å². The van der Waals surface area contributed by atoms with E-state index in [2.05, 4.69) is 9.68 Å². The molecule has 0 aliphatic rings. The van der Waals surface area contributed by atoms with Gasteiger partial charge in [-0.05, 0) is 9.05 Å². The molecular formula is C6H9F11O3V. The molecular weight excluding hydrogens is 380 g/mol. The zero-order valence-electron chi connectivity index (χ0n) is 9.95. The first kappa shape index (κ1) is 32.6. The van der Waals surface area contributed by atoms with E-state index >= 15 is 0 Å². The van der Waals surface area contributed by atoms with Gasteiger partial charge in [0.2, 0.25) is 13.8 Å². The van der Waals surface area contributed by atoms with Gasteiger partial charge in [0.25, 0.3) is 0 Å². The molecule has 0 heterocycles. The number of rotatable bonds is 2. The van der Waals surface area contributed by atoms with Crippen molar-refractivity contribution >= 4 is 0 Å². The molecule has 0 N–H and O–H groups in total. The maximum Gasteiger partial charge on any atom is 0.553 e. The van der Waals surface area contributed by atoms with Crippen LogP contribution in [0.1, 0.15) is 0 Å². The molecule has 0 fully saturated rings. The van der Waals surface area contributed by atoms with Crippen LogP contribution in [-0.4, -0.2) is 40.0 Å². The molecule has 0 aliphatic heterocycles. The molecule has 1 radical (unpaired) electrons. The summed E-state index contributed by atoms with van der Waals surface area (Å²) in [4.78, 5) is 3.81. The molecule has 0 unspecified atom stereocenters. The molecule has 133 valence electrons. The largest absolute Gasteiger partial charge is 0.553 e. The van der Waals surface area contributed by atoms with E-state index in [-0.39, 0.29) is 18.6 Å². The third-order valence-corrected chi connectivity index (χ3v) is 0.437. The minimum absolute atomic E-state index is 0. The Morgan fingerprint density at radius 3 is 1.10 bits per heavy atom. The molecule has 21 heavy (non-hydrogen) atoms. The zero-order chi connectivity index (χ0) is 17.2. The van der Waals surface area contributed by atoms with Gasteiger partial charge in [0.15, 0.2) is 0 Å². The minimum Gasteiger partial charge on any atom is -0.375 e. The van der Waals surface area contributed by atoms with Gasteiger partial charge in [-0.15, -0.1) is 13.2 Å². The first-order valence-corrected chi connectivity index (χ1v) is 3.79. The van der Waals surface area contributed by atoms with Crippen LogP contribution in [-0.2, 0) is 33.2 Å². The molecule has 0 amide bonds. The van der Waals surface area contributed by atoms with Crippen LogP contribution < -0.4 is 0 Å². The van der Waals surface area contributed by atoms with Gasteiger partial charge in [-0.1, -0.05) is 4.94 Å². The topological polar surface area (TPSA) is 27.7 Å². The van der Waals surface area contributed by atoms with E-state index in [9.17, 15) is 48.6 Å². The van der Waals surface area contributed by atoms with E-state index in [4.69, 9.17) is 0 Å². The van der Waals surface area contributed by atoms with Gasteiger partial charge in [0.1, 0.15) is 6.61 Å². The first-order chi connectivity index (χ1) is 8.95. The van der Waals surface area contributed by atoms with E-state index < -0.39 is 32.9 Å². The van der Waals surface area contributed by atoms with Crippen LogP contribution in [0.4, 0.5) is 48.6 Å². The quantitative estimate of drug-likeness (QED) is 0.660. The normalized spacial score (nSPS) is 9.71. The van der Waals surface area contributed by atoms with Gasteiger partial charge in [-0.2, -0.15) is 18.1 Å². The minimum atomic E-state index is -5.12. The number of hydrogen-bond acceptors (Lipinski definition) is 3. The van der Waals surface area contributed by atoms with Gasteiger partial charge in [-0.25, -0.2) is 13.2 Å². The summed E-state index contributed by atoms with van der Waals surface area (Å²) in [5.74, 6) is 0. The summed E-state index contributed by atoms with van der Waals surface area (Å²) in [7, 11) is 1.01. The molecule has 0 atom stereocenters. The van der Waals surface area contributed by atoms with Crippen LogP contribution in [0.15, 0.2) is 0 Å². The van der Waals surface area contributed by atoms with E-state index in [1.165, 1.54) is 4.94 Å². The number of hydrogen-bond donors (Lipinski definition) is 0. The van der Waals surface area contributed by atoms with Crippen molar-refractivity contribution in [3.8, 4) is 0 Å². The van der Waals surface area contributed by atoms with Crippen molar-refractivity contribution in [3.63, 3.8) is 0 Å². The fourth-order valence-electron chi connectivity index (χ4n) is 0.164. The van der Waals surface area contributed by atoms with Crippen molar-refractivity contribution in [1.82, 2.24) is 0 Å². The maximum absolute atomic E-state index is 10.9. The smallest absolute Gasteiger partial charge is 0.375 e. The third-order valence-electron chi connectivity index (χ3n) is 0.437. The van der Waals surface area contributed by atoms with Crippen molar-refractivity contribution in [3.05, 3.63) is 0 Å². The van der Waals surface area contributed by atoms with Crippen LogP contribution >= 0.6 is 0 Å². The second kappa shape index (κ2) is 22.0. The molecule has 0 aromatic rings. The van der Waals surface area contributed by atoms with Gasteiger partial charge in [0, 0.05) is 25.7 Å². The summed E-state index contributed by atoms with van der Waals surface area (Å²) >= 11 is 0. The van der Waals surface area contributed by atoms with E-state index in [0.29, 0.717) is 0 Å². The Morgan fingerprint density at radius 1 is 0.857 bits per heavy atom. The average molecular weight is 389 g/mol. The molecule has 0 saturated heterocycles. The molecule has 0 aliphatic carbocycles. The van der Waals surface area contributed by atoms with E-state index in [1.807, 2.05) is 0 Å². The van der Waals surface area contributed by atoms with E-state index in [1.54, 1.807) is 0 Å². The van der Waals surface area contributed by atoms with Gasteiger partial charge < -0.3 is 4.74 Å². The predicted molar refractivity (Wildman–Crippen MR) is 41.4 cm³/mol. The summed E-state index contributed by atoms with van der Waals surface area (Å²) in [6.07, 6.45) is -9.30. The van der Waals surface area contributed by atoms with Gasteiger partial charge in [0.05, 0.1) is 0 Å². The average Bonchev–Trinajstić information content (AvgIpc) is 2.29. The Bertz CT molecular complexity index is 163. The van der Waals surface area contributed by atoms with Crippen molar-refractivity contribution in [1.29, 1.82) is 0 Å². The maximum atomic E-state index is 10.9. The fraction of sp³-hybridized carbons (Fsp3) is 1.00. The molecule has 0 saturated carbocycles. The molecule has 3 nitrogen and oxygen atoms in total. The van der Waals surface area contributed by atoms with E-state index in [0.717, 1.165) is 7.11 Å².